The molecular formula is C9H15N3O7. The number of nitrogens with two attached hydrogens (primary N) is 1. The van der Waals surface area contributed by atoms with Gasteiger partial charge in [-0.25, -0.2) is 9.59 Å². The minimum Gasteiger partial charge on any atom is -0.481 e. The first kappa shape index (κ1) is 16.6. The van der Waals surface area contributed by atoms with E-state index >= 15 is 0 Å². The first-order chi connectivity index (χ1) is 8.82. The van der Waals surface area contributed by atoms with Gasteiger partial charge < -0.3 is 31.3 Å². The fraction of sp³-hybridized carbons (Fsp3) is 0.556. The zero-order valence-corrected chi connectivity index (χ0v) is 9.92. The van der Waals surface area contributed by atoms with Crippen LogP contribution in [0.25, 0.3) is 0 Å². The van der Waals surface area contributed by atoms with Crippen LogP contribution < -0.4 is 16.4 Å². The van der Waals surface area contributed by atoms with Gasteiger partial charge in [0.05, 0.1) is 13.0 Å². The van der Waals surface area contributed by atoms with Crippen LogP contribution in [-0.2, 0) is 19.1 Å². The molecular weight excluding hydrogens is 262 g/mol. The highest BCUT2D eigenvalue weighted by atomic mass is 16.5. The number of amides is 3. The van der Waals surface area contributed by atoms with E-state index in [1.807, 2.05) is 5.32 Å². The van der Waals surface area contributed by atoms with E-state index in [0.29, 0.717) is 0 Å². The Morgan fingerprint density at radius 1 is 1.21 bits per heavy atom. The highest BCUT2D eigenvalue weighted by Crippen LogP contribution is 1.92. The van der Waals surface area contributed by atoms with Crippen LogP contribution in [0.1, 0.15) is 6.42 Å². The molecule has 0 bridgehead atoms. The number of primary amides is 1. The van der Waals surface area contributed by atoms with E-state index in [0.717, 1.165) is 0 Å². The molecule has 0 aliphatic rings. The zero-order chi connectivity index (χ0) is 14.8. The summed E-state index contributed by atoms with van der Waals surface area (Å²) in [4.78, 5) is 42.5. The number of rotatable bonds is 9. The maximum atomic E-state index is 11.2. The number of carbonyl (C=O) groups excluding carboxylic acids is 2. The van der Waals surface area contributed by atoms with Gasteiger partial charge in [0.1, 0.15) is 12.6 Å². The largest absolute Gasteiger partial charge is 0.481 e. The maximum absolute atomic E-state index is 11.2. The van der Waals surface area contributed by atoms with Crippen LogP contribution in [0.4, 0.5) is 4.79 Å². The van der Waals surface area contributed by atoms with Gasteiger partial charge in [-0.3, -0.25) is 9.59 Å². The van der Waals surface area contributed by atoms with Gasteiger partial charge in [0, 0.05) is 6.54 Å². The molecule has 0 heterocycles. The first-order valence-corrected chi connectivity index (χ1v) is 5.18. The normalized spacial score (nSPS) is 11.4. The highest BCUT2D eigenvalue weighted by molar-refractivity contribution is 5.86. The Morgan fingerprint density at radius 3 is 2.32 bits per heavy atom. The van der Waals surface area contributed by atoms with Crippen molar-refractivity contribution < 1.29 is 34.1 Å². The molecule has 0 saturated carbocycles. The standard InChI is InChI=1S/C9H15N3O7/c10-6(13)4-19-2-1-11-9(18)12-5(8(16)17)3-7(14)15/h5H,1-4H2,(H2,10,13)(H,14,15)(H,16,17)(H2,11,12,18). The fourth-order valence-electron chi connectivity index (χ4n) is 0.993. The number of carboxylic acids is 2. The van der Waals surface area contributed by atoms with Crippen molar-refractivity contribution in [1.82, 2.24) is 10.6 Å². The molecule has 1 atom stereocenters. The molecule has 0 spiro atoms. The minimum absolute atomic E-state index is 0.00697. The monoisotopic (exact) mass is 277 g/mol. The van der Waals surface area contributed by atoms with Crippen molar-refractivity contribution in [2.75, 3.05) is 19.8 Å². The summed E-state index contributed by atoms with van der Waals surface area (Å²) in [6.07, 6.45) is -0.735. The summed E-state index contributed by atoms with van der Waals surface area (Å²) in [5, 5.41) is 21.3. The van der Waals surface area contributed by atoms with Crippen LogP contribution in [0.2, 0.25) is 0 Å². The van der Waals surface area contributed by atoms with Crippen molar-refractivity contribution in [2.45, 2.75) is 12.5 Å². The third-order valence-electron chi connectivity index (χ3n) is 1.76. The zero-order valence-electron chi connectivity index (χ0n) is 9.92. The van der Waals surface area contributed by atoms with Crippen molar-refractivity contribution in [3.8, 4) is 0 Å². The average Bonchev–Trinajstić information content (AvgIpc) is 2.26. The van der Waals surface area contributed by atoms with Crippen LogP contribution in [0.15, 0.2) is 0 Å². The van der Waals surface area contributed by atoms with Crippen LogP contribution in [-0.4, -0.2) is 59.9 Å². The quantitative estimate of drug-likeness (QED) is 0.295. The van der Waals surface area contributed by atoms with Gasteiger partial charge in [0.2, 0.25) is 5.91 Å². The molecule has 108 valence electrons. The van der Waals surface area contributed by atoms with Gasteiger partial charge in [0.15, 0.2) is 0 Å². The van der Waals surface area contributed by atoms with E-state index < -0.39 is 36.3 Å². The number of hydrogen-bond donors (Lipinski definition) is 5. The molecule has 1 unspecified atom stereocenters. The molecule has 19 heavy (non-hydrogen) atoms. The van der Waals surface area contributed by atoms with Crippen molar-refractivity contribution in [2.24, 2.45) is 5.73 Å². The summed E-state index contributed by atoms with van der Waals surface area (Å²) < 4.78 is 4.73. The number of urea groups is 1. The molecule has 10 nitrogen and oxygen atoms in total. The second-order valence-corrected chi connectivity index (χ2v) is 3.41. The molecule has 0 aromatic heterocycles. The summed E-state index contributed by atoms with van der Waals surface area (Å²) in [7, 11) is 0. The van der Waals surface area contributed by atoms with Gasteiger partial charge in [-0.1, -0.05) is 0 Å². The lowest BCUT2D eigenvalue weighted by Gasteiger charge is -2.13. The second kappa shape index (κ2) is 8.69. The third kappa shape index (κ3) is 9.35. The topological polar surface area (TPSA) is 168 Å². The lowest BCUT2D eigenvalue weighted by atomic mass is 10.2. The smallest absolute Gasteiger partial charge is 0.326 e. The SMILES string of the molecule is NC(=O)COCCNC(=O)NC(CC(=O)O)C(=O)O. The molecule has 0 fully saturated rings. The molecule has 0 aliphatic carbocycles. The van der Waals surface area contributed by atoms with E-state index in [4.69, 9.17) is 20.7 Å². The predicted octanol–water partition coefficient (Wildman–Crippen LogP) is -2.28. The number of hydrogen-bond acceptors (Lipinski definition) is 5. The predicted molar refractivity (Wildman–Crippen MR) is 60.2 cm³/mol. The molecule has 0 aromatic rings. The summed E-state index contributed by atoms with van der Waals surface area (Å²) in [5.74, 6) is -3.46. The average molecular weight is 277 g/mol. The lowest BCUT2D eigenvalue weighted by Crippen LogP contribution is -2.47. The Bertz CT molecular complexity index is 358. The molecule has 0 saturated heterocycles. The fourth-order valence-corrected chi connectivity index (χ4v) is 0.993. The Hall–Kier alpha value is -2.36. The van der Waals surface area contributed by atoms with E-state index in [1.54, 1.807) is 0 Å². The van der Waals surface area contributed by atoms with Gasteiger partial charge in [0.25, 0.3) is 0 Å². The summed E-state index contributed by atoms with van der Waals surface area (Å²) >= 11 is 0. The van der Waals surface area contributed by atoms with Gasteiger partial charge in [-0.15, -0.1) is 0 Å². The van der Waals surface area contributed by atoms with E-state index in [2.05, 4.69) is 5.32 Å². The summed E-state index contributed by atoms with van der Waals surface area (Å²) in [6, 6.07) is -2.37. The van der Waals surface area contributed by atoms with Crippen LogP contribution in [0, 0.1) is 0 Å². The van der Waals surface area contributed by atoms with Crippen LogP contribution >= 0.6 is 0 Å². The summed E-state index contributed by atoms with van der Waals surface area (Å²) in [6.45, 7) is -0.272. The van der Waals surface area contributed by atoms with Crippen molar-refractivity contribution in [1.29, 1.82) is 0 Å². The van der Waals surface area contributed by atoms with Crippen LogP contribution in [0.5, 0.6) is 0 Å². The molecule has 0 rings (SSSR count). The van der Waals surface area contributed by atoms with Crippen molar-refractivity contribution in [3.63, 3.8) is 0 Å². The first-order valence-electron chi connectivity index (χ1n) is 5.18. The highest BCUT2D eigenvalue weighted by Gasteiger charge is 2.22. The minimum atomic E-state index is -1.52. The van der Waals surface area contributed by atoms with E-state index in [9.17, 15) is 19.2 Å². The Labute approximate surface area is 107 Å². The molecule has 0 aliphatic heterocycles. The van der Waals surface area contributed by atoms with Crippen molar-refractivity contribution in [3.05, 3.63) is 0 Å². The lowest BCUT2D eigenvalue weighted by molar-refractivity contribution is -0.145. The molecule has 3 amide bonds. The van der Waals surface area contributed by atoms with Crippen molar-refractivity contribution >= 4 is 23.9 Å². The number of carboxylic acid groups (broad SMARTS) is 2. The number of carbonyl (C=O) groups is 4. The maximum Gasteiger partial charge on any atom is 0.326 e. The van der Waals surface area contributed by atoms with Gasteiger partial charge in [-0.2, -0.15) is 0 Å². The van der Waals surface area contributed by atoms with Gasteiger partial charge in [-0.05, 0) is 0 Å². The Balaban J connectivity index is 3.90. The molecule has 6 N–H and O–H groups in total. The van der Waals surface area contributed by atoms with Gasteiger partial charge >= 0.3 is 18.0 Å². The number of ether oxygens (including phenoxy) is 1. The Kier molecular flexibility index (Phi) is 7.61. The second-order valence-electron chi connectivity index (χ2n) is 3.41. The third-order valence-corrected chi connectivity index (χ3v) is 1.76. The Morgan fingerprint density at radius 2 is 1.84 bits per heavy atom. The number of aliphatic carboxylic acids is 2. The summed E-state index contributed by atoms with van der Waals surface area (Å²) in [5.41, 5.74) is 4.80. The molecule has 0 aromatic carbocycles. The van der Waals surface area contributed by atoms with E-state index in [1.165, 1.54) is 0 Å². The molecule has 0 radical (unpaired) electrons. The van der Waals surface area contributed by atoms with Crippen LogP contribution in [0.3, 0.4) is 0 Å². The van der Waals surface area contributed by atoms with E-state index in [-0.39, 0.29) is 19.8 Å². The molecule has 10 heteroatoms. The number of nitrogens with one attached hydrogen (secondary N) is 2.